The van der Waals surface area contributed by atoms with E-state index in [9.17, 15) is 5.11 Å². The van der Waals surface area contributed by atoms with E-state index >= 15 is 0 Å². The van der Waals surface area contributed by atoms with Crippen molar-refractivity contribution in [3.8, 4) is 5.75 Å². The van der Waals surface area contributed by atoms with Crippen LogP contribution < -0.4 is 0 Å². The minimum atomic E-state index is -1.48. The third kappa shape index (κ3) is 4.41. The van der Waals surface area contributed by atoms with Crippen LogP contribution in [0, 0.1) is 5.92 Å². The lowest BCUT2D eigenvalue weighted by Crippen LogP contribution is -2.09. The third-order valence-corrected chi connectivity index (χ3v) is 3.79. The summed E-state index contributed by atoms with van der Waals surface area (Å²) >= 11 is 0. The second kappa shape index (κ2) is 6.78. The molecule has 0 heterocycles. The van der Waals surface area contributed by atoms with Crippen molar-refractivity contribution in [2.75, 3.05) is 0 Å². The fourth-order valence-electron chi connectivity index (χ4n) is 2.78. The molecule has 1 aromatic carbocycles. The van der Waals surface area contributed by atoms with Gasteiger partial charge in [0.2, 0.25) is 0 Å². The van der Waals surface area contributed by atoms with Crippen LogP contribution >= 0.6 is 0 Å². The van der Waals surface area contributed by atoms with Gasteiger partial charge < -0.3 is 15.2 Å². The molecule has 0 unspecified atom stereocenters. The van der Waals surface area contributed by atoms with Crippen LogP contribution in [-0.2, 0) is 6.42 Å². The van der Waals surface area contributed by atoms with Crippen LogP contribution in [0.2, 0.25) is 0 Å². The van der Waals surface area contributed by atoms with Crippen molar-refractivity contribution in [3.63, 3.8) is 0 Å². The van der Waals surface area contributed by atoms with Crippen molar-refractivity contribution in [1.82, 2.24) is 0 Å². The summed E-state index contributed by atoms with van der Waals surface area (Å²) in [6.45, 7) is 0. The van der Waals surface area contributed by atoms with E-state index in [-0.39, 0.29) is 5.75 Å². The molecule has 1 aliphatic carbocycles. The standard InChI is InChI=1S/C15H21BO3/c17-15-7-6-13(10-12-4-2-1-3-5-12)11-14(15)8-9-16(18)19/h6-9,11-12,17-19H,1-5,10H2/b9-8+. The molecule has 0 amide bonds. The zero-order valence-corrected chi connectivity index (χ0v) is 11.1. The topological polar surface area (TPSA) is 60.7 Å². The van der Waals surface area contributed by atoms with Crippen LogP contribution in [-0.4, -0.2) is 22.3 Å². The highest BCUT2D eigenvalue weighted by Gasteiger charge is 2.14. The summed E-state index contributed by atoms with van der Waals surface area (Å²) in [5.74, 6) is 2.17. The Balaban J connectivity index is 2.06. The first-order valence-electron chi connectivity index (χ1n) is 7.01. The lowest BCUT2D eigenvalue weighted by molar-refractivity contribution is 0.356. The molecular weight excluding hydrogens is 239 g/mol. The zero-order chi connectivity index (χ0) is 13.7. The predicted octanol–water partition coefficient (Wildman–Crippen LogP) is 2.54. The van der Waals surface area contributed by atoms with E-state index in [4.69, 9.17) is 10.0 Å². The minimum absolute atomic E-state index is 0.171. The van der Waals surface area contributed by atoms with Gasteiger partial charge in [-0.2, -0.15) is 0 Å². The first-order valence-corrected chi connectivity index (χ1v) is 7.01. The zero-order valence-electron chi connectivity index (χ0n) is 11.1. The van der Waals surface area contributed by atoms with E-state index in [1.807, 2.05) is 12.1 Å². The molecule has 3 N–H and O–H groups in total. The number of rotatable bonds is 4. The molecule has 0 aromatic heterocycles. The molecule has 4 heteroatoms. The average Bonchev–Trinajstić information content (AvgIpc) is 2.40. The molecular formula is C15H21BO3. The second-order valence-corrected chi connectivity index (χ2v) is 5.37. The first-order chi connectivity index (χ1) is 9.15. The van der Waals surface area contributed by atoms with E-state index < -0.39 is 7.12 Å². The van der Waals surface area contributed by atoms with Crippen LogP contribution in [0.25, 0.3) is 6.08 Å². The van der Waals surface area contributed by atoms with Crippen LogP contribution in [0.1, 0.15) is 43.2 Å². The summed E-state index contributed by atoms with van der Waals surface area (Å²) in [5.41, 5.74) is 1.85. The van der Waals surface area contributed by atoms with Crippen LogP contribution in [0.4, 0.5) is 0 Å². The van der Waals surface area contributed by atoms with Gasteiger partial charge in [-0.05, 0) is 30.0 Å². The largest absolute Gasteiger partial charge is 0.507 e. The summed E-state index contributed by atoms with van der Waals surface area (Å²) < 4.78 is 0. The first kappa shape index (κ1) is 14.2. The van der Waals surface area contributed by atoms with Gasteiger partial charge in [-0.3, -0.25) is 0 Å². The fraction of sp³-hybridized carbons (Fsp3) is 0.467. The van der Waals surface area contributed by atoms with Crippen LogP contribution in [0.5, 0.6) is 5.75 Å². The maximum atomic E-state index is 9.74. The van der Waals surface area contributed by atoms with Crippen molar-refractivity contribution in [2.45, 2.75) is 38.5 Å². The van der Waals surface area contributed by atoms with Gasteiger partial charge >= 0.3 is 7.12 Å². The highest BCUT2D eigenvalue weighted by Crippen LogP contribution is 2.28. The molecule has 1 saturated carbocycles. The maximum Gasteiger partial charge on any atom is 0.480 e. The Labute approximate surface area is 114 Å². The minimum Gasteiger partial charge on any atom is -0.507 e. The summed E-state index contributed by atoms with van der Waals surface area (Å²) in [6, 6.07) is 5.57. The number of aromatic hydroxyl groups is 1. The third-order valence-electron chi connectivity index (χ3n) is 3.79. The quantitative estimate of drug-likeness (QED) is 0.729. The molecule has 3 nitrogen and oxygen atoms in total. The van der Waals surface area contributed by atoms with Crippen molar-refractivity contribution >= 4 is 13.2 Å². The molecule has 0 atom stereocenters. The van der Waals surface area contributed by atoms with Crippen molar-refractivity contribution in [3.05, 3.63) is 35.3 Å². The second-order valence-electron chi connectivity index (χ2n) is 5.37. The highest BCUT2D eigenvalue weighted by atomic mass is 16.4. The van der Waals surface area contributed by atoms with E-state index in [1.165, 1.54) is 43.6 Å². The summed E-state index contributed by atoms with van der Waals surface area (Å²) in [6.07, 6.45) is 9.18. The molecule has 1 fully saturated rings. The lowest BCUT2D eigenvalue weighted by Gasteiger charge is -2.21. The summed E-state index contributed by atoms with van der Waals surface area (Å²) in [7, 11) is -1.48. The molecule has 0 saturated heterocycles. The molecule has 1 aliphatic rings. The Bertz CT molecular complexity index is 437. The number of hydrogen-bond acceptors (Lipinski definition) is 3. The smallest absolute Gasteiger partial charge is 0.480 e. The van der Waals surface area contributed by atoms with Gasteiger partial charge in [0, 0.05) is 5.56 Å². The Kier molecular flexibility index (Phi) is 5.05. The van der Waals surface area contributed by atoms with Gasteiger partial charge in [-0.1, -0.05) is 50.2 Å². The Morgan fingerprint density at radius 1 is 1.16 bits per heavy atom. The van der Waals surface area contributed by atoms with E-state index in [1.54, 1.807) is 12.1 Å². The Morgan fingerprint density at radius 3 is 2.58 bits per heavy atom. The summed E-state index contributed by atoms with van der Waals surface area (Å²) in [5, 5.41) is 27.4. The number of hydrogen-bond donors (Lipinski definition) is 3. The van der Waals surface area contributed by atoms with E-state index in [0.717, 1.165) is 12.3 Å². The van der Waals surface area contributed by atoms with Crippen molar-refractivity contribution in [2.24, 2.45) is 5.92 Å². The molecule has 0 radical (unpaired) electrons. The van der Waals surface area contributed by atoms with Gasteiger partial charge in [-0.15, -0.1) is 0 Å². The molecule has 102 valence electrons. The molecule has 0 aliphatic heterocycles. The molecule has 2 rings (SSSR count). The van der Waals surface area contributed by atoms with Gasteiger partial charge in [0.05, 0.1) is 0 Å². The SMILES string of the molecule is OB(O)/C=C/c1cc(CC2CCCCC2)ccc1O. The molecule has 0 bridgehead atoms. The average molecular weight is 260 g/mol. The summed E-state index contributed by atoms with van der Waals surface area (Å²) in [4.78, 5) is 0. The van der Waals surface area contributed by atoms with Gasteiger partial charge in [-0.25, -0.2) is 0 Å². The van der Waals surface area contributed by atoms with Crippen LogP contribution in [0.3, 0.4) is 0 Å². The Morgan fingerprint density at radius 2 is 1.89 bits per heavy atom. The maximum absolute atomic E-state index is 9.74. The molecule has 1 aromatic rings. The number of phenolic OH excluding ortho intramolecular Hbond substituents is 1. The predicted molar refractivity (Wildman–Crippen MR) is 77.6 cm³/mol. The van der Waals surface area contributed by atoms with Crippen molar-refractivity contribution < 1.29 is 15.2 Å². The normalized spacial score (nSPS) is 16.9. The van der Waals surface area contributed by atoms with Crippen LogP contribution in [0.15, 0.2) is 24.2 Å². The lowest BCUT2D eigenvalue weighted by atomic mass is 9.84. The molecule has 0 spiro atoms. The molecule has 19 heavy (non-hydrogen) atoms. The monoisotopic (exact) mass is 260 g/mol. The van der Waals surface area contributed by atoms with Gasteiger partial charge in [0.15, 0.2) is 0 Å². The number of phenols is 1. The van der Waals surface area contributed by atoms with Gasteiger partial charge in [0.25, 0.3) is 0 Å². The van der Waals surface area contributed by atoms with Gasteiger partial charge in [0.1, 0.15) is 5.75 Å². The number of benzene rings is 1. The van der Waals surface area contributed by atoms with E-state index in [0.29, 0.717) is 5.56 Å². The van der Waals surface area contributed by atoms with E-state index in [2.05, 4.69) is 0 Å². The van der Waals surface area contributed by atoms with Crippen molar-refractivity contribution in [1.29, 1.82) is 0 Å². The Hall–Kier alpha value is -1.26. The fourth-order valence-corrected chi connectivity index (χ4v) is 2.78. The highest BCUT2D eigenvalue weighted by molar-refractivity contribution is 6.48.